The number of aliphatic hydroxyl groups excluding tert-OH is 1. The summed E-state index contributed by atoms with van der Waals surface area (Å²) in [6.07, 6.45) is -1.00. The Bertz CT molecular complexity index is 1060. The largest absolute Gasteiger partial charge is 0.390 e. The van der Waals surface area contributed by atoms with E-state index >= 15 is 0 Å². The molecule has 4 rings (SSSR count). The molecule has 0 saturated heterocycles. The molecule has 0 amide bonds. The average Bonchev–Trinajstić information content (AvgIpc) is 2.80. The second-order valence-electron chi connectivity index (χ2n) is 7.61. The van der Waals surface area contributed by atoms with Crippen molar-refractivity contribution in [2.45, 2.75) is 18.6 Å². The fraction of sp³-hybridized carbons (Fsp3) is 0.111. The molecule has 0 radical (unpaired) electrons. The maximum absolute atomic E-state index is 11.5. The van der Waals surface area contributed by atoms with E-state index in [4.69, 9.17) is 23.2 Å². The molecule has 0 aliphatic heterocycles. The van der Waals surface area contributed by atoms with Crippen LogP contribution in [0.3, 0.4) is 0 Å². The van der Waals surface area contributed by atoms with E-state index in [2.05, 4.69) is 0 Å². The molecule has 0 bridgehead atoms. The molecule has 31 heavy (non-hydrogen) atoms. The van der Waals surface area contributed by atoms with Crippen molar-refractivity contribution in [1.82, 2.24) is 0 Å². The molecule has 0 aromatic heterocycles. The summed E-state index contributed by atoms with van der Waals surface area (Å²) < 4.78 is 0. The molecule has 2 nitrogen and oxygen atoms in total. The van der Waals surface area contributed by atoms with Crippen LogP contribution in [0.2, 0.25) is 10.0 Å². The Balaban J connectivity index is 1.66. The van der Waals surface area contributed by atoms with Crippen LogP contribution in [0, 0.1) is 0 Å². The third-order valence-electron chi connectivity index (χ3n) is 5.61. The van der Waals surface area contributed by atoms with E-state index in [0.29, 0.717) is 21.2 Å². The summed E-state index contributed by atoms with van der Waals surface area (Å²) in [6.45, 7) is 1.60. The van der Waals surface area contributed by atoms with E-state index < -0.39 is 11.7 Å². The predicted molar refractivity (Wildman–Crippen MR) is 128 cm³/mol. The van der Waals surface area contributed by atoms with Gasteiger partial charge in [-0.2, -0.15) is 0 Å². The van der Waals surface area contributed by atoms with Crippen molar-refractivity contribution in [2.75, 3.05) is 0 Å². The molecule has 4 aromatic rings. The Kier molecular flexibility index (Phi) is 6.17. The zero-order valence-electron chi connectivity index (χ0n) is 17.0. The van der Waals surface area contributed by atoms with Gasteiger partial charge in [-0.1, -0.05) is 96.0 Å². The first kappa shape index (κ1) is 21.6. The van der Waals surface area contributed by atoms with Crippen LogP contribution in [0.5, 0.6) is 0 Å². The van der Waals surface area contributed by atoms with Crippen LogP contribution in [0.1, 0.15) is 18.1 Å². The smallest absolute Gasteiger partial charge is 0.140 e. The number of aliphatic hydroxyl groups is 2. The highest BCUT2D eigenvalue weighted by Gasteiger charge is 2.36. The van der Waals surface area contributed by atoms with Crippen molar-refractivity contribution >= 4 is 23.2 Å². The molecular weight excluding hydrogens is 427 g/mol. The third-order valence-corrected chi connectivity index (χ3v) is 6.11. The standard InChI is InChI=1S/C27H22Cl2O2/c1-18(30)27(31,23-10-2-19(3-11-23)21-6-14-25(28)15-7-21)24-12-4-20(5-13-24)22-8-16-26(29)17-9-22/h2-18,30-31H,1H3/t18-/m0/s1. The zero-order valence-corrected chi connectivity index (χ0v) is 18.5. The van der Waals surface area contributed by atoms with Gasteiger partial charge in [0.05, 0.1) is 6.10 Å². The number of rotatable bonds is 5. The molecule has 0 unspecified atom stereocenters. The lowest BCUT2D eigenvalue weighted by atomic mass is 9.81. The molecule has 0 aliphatic rings. The van der Waals surface area contributed by atoms with E-state index in [-0.39, 0.29) is 0 Å². The summed E-state index contributed by atoms with van der Waals surface area (Å²) in [4.78, 5) is 0. The van der Waals surface area contributed by atoms with Gasteiger partial charge in [0.1, 0.15) is 5.60 Å². The minimum absolute atomic E-state index is 0.624. The third kappa shape index (κ3) is 4.39. The first-order chi connectivity index (χ1) is 14.9. The summed E-state index contributed by atoms with van der Waals surface area (Å²) in [5, 5.41) is 23.4. The van der Waals surface area contributed by atoms with Crippen LogP contribution < -0.4 is 0 Å². The van der Waals surface area contributed by atoms with Crippen molar-refractivity contribution in [3.63, 3.8) is 0 Å². The monoisotopic (exact) mass is 448 g/mol. The molecule has 0 aliphatic carbocycles. The van der Waals surface area contributed by atoms with E-state index in [9.17, 15) is 10.2 Å². The Morgan fingerprint density at radius 3 is 1.06 bits per heavy atom. The second-order valence-corrected chi connectivity index (χ2v) is 8.48. The minimum atomic E-state index is -1.53. The highest BCUT2D eigenvalue weighted by atomic mass is 35.5. The molecule has 0 fully saturated rings. The fourth-order valence-electron chi connectivity index (χ4n) is 3.77. The minimum Gasteiger partial charge on any atom is -0.390 e. The van der Waals surface area contributed by atoms with Gasteiger partial charge in [0, 0.05) is 10.0 Å². The second kappa shape index (κ2) is 8.86. The van der Waals surface area contributed by atoms with Gasteiger partial charge in [-0.25, -0.2) is 0 Å². The van der Waals surface area contributed by atoms with Gasteiger partial charge in [0.15, 0.2) is 0 Å². The first-order valence-electron chi connectivity index (χ1n) is 10.0. The Labute approximate surface area is 192 Å². The van der Waals surface area contributed by atoms with E-state index in [0.717, 1.165) is 22.3 Å². The first-order valence-corrected chi connectivity index (χ1v) is 10.8. The van der Waals surface area contributed by atoms with E-state index in [1.165, 1.54) is 0 Å². The van der Waals surface area contributed by atoms with Gasteiger partial charge in [-0.15, -0.1) is 0 Å². The summed E-state index contributed by atoms with van der Waals surface area (Å²) in [7, 11) is 0. The lowest BCUT2D eigenvalue weighted by Crippen LogP contribution is -2.38. The maximum atomic E-state index is 11.5. The van der Waals surface area contributed by atoms with Crippen LogP contribution in [0.4, 0.5) is 0 Å². The highest BCUT2D eigenvalue weighted by molar-refractivity contribution is 6.30. The average molecular weight is 449 g/mol. The fourth-order valence-corrected chi connectivity index (χ4v) is 4.02. The molecule has 4 heteroatoms. The topological polar surface area (TPSA) is 40.5 Å². The lowest BCUT2D eigenvalue weighted by Gasteiger charge is -2.32. The normalized spacial score (nSPS) is 12.5. The highest BCUT2D eigenvalue weighted by Crippen LogP contribution is 2.35. The van der Waals surface area contributed by atoms with Gasteiger partial charge >= 0.3 is 0 Å². The van der Waals surface area contributed by atoms with Gasteiger partial charge < -0.3 is 10.2 Å². The molecule has 156 valence electrons. The Hall–Kier alpha value is -2.62. The molecule has 1 atom stereocenters. The van der Waals surface area contributed by atoms with E-state index in [1.807, 2.05) is 97.1 Å². The Morgan fingerprint density at radius 2 is 0.806 bits per heavy atom. The molecule has 0 saturated carbocycles. The summed E-state index contributed by atoms with van der Waals surface area (Å²) >= 11 is 12.0. The molecule has 2 N–H and O–H groups in total. The summed E-state index contributed by atoms with van der Waals surface area (Å²) in [5.41, 5.74) is 3.79. The van der Waals surface area contributed by atoms with Crippen LogP contribution in [-0.2, 0) is 5.60 Å². The summed E-state index contributed by atoms with van der Waals surface area (Å²) in [6, 6.07) is 30.4. The zero-order chi connectivity index (χ0) is 22.0. The Morgan fingerprint density at radius 1 is 0.548 bits per heavy atom. The van der Waals surface area contributed by atoms with Crippen molar-refractivity contribution < 1.29 is 10.2 Å². The number of halogens is 2. The van der Waals surface area contributed by atoms with Crippen molar-refractivity contribution in [3.05, 3.63) is 118 Å². The van der Waals surface area contributed by atoms with Gasteiger partial charge in [0.2, 0.25) is 0 Å². The van der Waals surface area contributed by atoms with Crippen LogP contribution in [-0.4, -0.2) is 16.3 Å². The number of hydrogen-bond donors (Lipinski definition) is 2. The number of benzene rings is 4. The quantitative estimate of drug-likeness (QED) is 0.346. The van der Waals surface area contributed by atoms with Crippen LogP contribution >= 0.6 is 23.2 Å². The van der Waals surface area contributed by atoms with Gasteiger partial charge in [-0.3, -0.25) is 0 Å². The van der Waals surface area contributed by atoms with Crippen molar-refractivity contribution in [2.24, 2.45) is 0 Å². The van der Waals surface area contributed by atoms with Crippen LogP contribution in [0.15, 0.2) is 97.1 Å². The predicted octanol–water partition coefficient (Wildman–Crippen LogP) is 6.94. The summed E-state index contributed by atoms with van der Waals surface area (Å²) in [5.74, 6) is 0. The number of hydrogen-bond acceptors (Lipinski definition) is 2. The van der Waals surface area contributed by atoms with Crippen molar-refractivity contribution in [1.29, 1.82) is 0 Å². The SMILES string of the molecule is C[C@H](O)C(O)(c1ccc(-c2ccc(Cl)cc2)cc1)c1ccc(-c2ccc(Cl)cc2)cc1. The molecule has 4 aromatic carbocycles. The van der Waals surface area contributed by atoms with Crippen LogP contribution in [0.25, 0.3) is 22.3 Å². The molecular formula is C27H22Cl2O2. The van der Waals surface area contributed by atoms with Crippen molar-refractivity contribution in [3.8, 4) is 22.3 Å². The van der Waals surface area contributed by atoms with E-state index in [1.54, 1.807) is 6.92 Å². The maximum Gasteiger partial charge on any atom is 0.140 e. The lowest BCUT2D eigenvalue weighted by molar-refractivity contribution is -0.0394. The van der Waals surface area contributed by atoms with Gasteiger partial charge in [0.25, 0.3) is 0 Å². The molecule has 0 spiro atoms. The molecule has 0 heterocycles. The van der Waals surface area contributed by atoms with Gasteiger partial charge in [-0.05, 0) is 64.6 Å².